The molecule has 1 heterocycles. The van der Waals surface area contributed by atoms with Gasteiger partial charge in [0.25, 0.3) is 0 Å². The van der Waals surface area contributed by atoms with Gasteiger partial charge in [0.1, 0.15) is 5.69 Å². The van der Waals surface area contributed by atoms with E-state index in [0.29, 0.717) is 11.8 Å². The Morgan fingerprint density at radius 3 is 2.53 bits per heavy atom. The van der Waals surface area contributed by atoms with Gasteiger partial charge < -0.3 is 15.2 Å². The zero-order valence-electron chi connectivity index (χ0n) is 12.0. The Balaban J connectivity index is 2.34. The highest BCUT2D eigenvalue weighted by atomic mass is 16.5. The Kier molecular flexibility index (Phi) is 4.24. The summed E-state index contributed by atoms with van der Waals surface area (Å²) >= 11 is 0. The molecule has 0 amide bonds. The SMILES string of the molecule is CCC1(C(N)c2ncc(OC)nc2OC)CCCC1. The van der Waals surface area contributed by atoms with Gasteiger partial charge >= 0.3 is 0 Å². The van der Waals surface area contributed by atoms with Crippen molar-refractivity contribution in [2.45, 2.75) is 45.1 Å². The van der Waals surface area contributed by atoms with E-state index in [1.807, 2.05) is 0 Å². The first kappa shape index (κ1) is 14.1. The number of aromatic nitrogens is 2. The maximum absolute atomic E-state index is 6.49. The molecule has 5 heteroatoms. The topological polar surface area (TPSA) is 70.3 Å². The van der Waals surface area contributed by atoms with Crippen LogP contribution in [0.3, 0.4) is 0 Å². The molecule has 1 atom stereocenters. The van der Waals surface area contributed by atoms with Crippen molar-refractivity contribution in [1.29, 1.82) is 0 Å². The molecular weight excluding hydrogens is 242 g/mol. The summed E-state index contributed by atoms with van der Waals surface area (Å²) in [6, 6.07) is -0.131. The molecule has 1 aliphatic rings. The minimum absolute atomic E-state index is 0.131. The van der Waals surface area contributed by atoms with Gasteiger partial charge in [0.15, 0.2) is 0 Å². The van der Waals surface area contributed by atoms with Gasteiger partial charge in [-0.1, -0.05) is 19.8 Å². The summed E-state index contributed by atoms with van der Waals surface area (Å²) < 4.78 is 10.4. The van der Waals surface area contributed by atoms with E-state index in [-0.39, 0.29) is 11.5 Å². The van der Waals surface area contributed by atoms with Gasteiger partial charge in [-0.2, -0.15) is 4.98 Å². The number of rotatable bonds is 5. The Labute approximate surface area is 114 Å². The van der Waals surface area contributed by atoms with Crippen LogP contribution in [0.5, 0.6) is 11.8 Å². The molecule has 0 bridgehead atoms. The third-order valence-electron chi connectivity index (χ3n) is 4.41. The van der Waals surface area contributed by atoms with Crippen molar-refractivity contribution in [2.75, 3.05) is 14.2 Å². The van der Waals surface area contributed by atoms with E-state index in [4.69, 9.17) is 15.2 Å². The van der Waals surface area contributed by atoms with E-state index in [1.54, 1.807) is 20.4 Å². The molecule has 19 heavy (non-hydrogen) atoms. The molecule has 0 spiro atoms. The van der Waals surface area contributed by atoms with E-state index in [1.165, 1.54) is 12.8 Å². The van der Waals surface area contributed by atoms with Crippen LogP contribution in [-0.4, -0.2) is 24.2 Å². The number of nitrogens with two attached hydrogens (primary N) is 1. The van der Waals surface area contributed by atoms with Gasteiger partial charge in [0.2, 0.25) is 11.8 Å². The first-order valence-corrected chi connectivity index (χ1v) is 6.87. The molecular formula is C14H23N3O2. The van der Waals surface area contributed by atoms with Crippen molar-refractivity contribution in [3.05, 3.63) is 11.9 Å². The molecule has 1 aromatic rings. The second-order valence-electron chi connectivity index (χ2n) is 5.21. The van der Waals surface area contributed by atoms with E-state index in [2.05, 4.69) is 16.9 Å². The van der Waals surface area contributed by atoms with E-state index in [0.717, 1.165) is 25.0 Å². The minimum Gasteiger partial charge on any atom is -0.480 e. The molecule has 106 valence electrons. The fourth-order valence-corrected chi connectivity index (χ4v) is 3.08. The molecule has 2 N–H and O–H groups in total. The summed E-state index contributed by atoms with van der Waals surface area (Å²) in [5.41, 5.74) is 7.37. The Hall–Kier alpha value is -1.36. The number of methoxy groups -OCH3 is 2. The maximum Gasteiger partial charge on any atom is 0.240 e. The van der Waals surface area contributed by atoms with Gasteiger partial charge in [-0.25, -0.2) is 4.98 Å². The van der Waals surface area contributed by atoms with Crippen molar-refractivity contribution in [3.8, 4) is 11.8 Å². The number of hydrogen-bond acceptors (Lipinski definition) is 5. The summed E-state index contributed by atoms with van der Waals surface area (Å²) in [6.45, 7) is 2.20. The zero-order chi connectivity index (χ0) is 13.9. The lowest BCUT2D eigenvalue weighted by Crippen LogP contribution is -2.33. The average molecular weight is 265 g/mol. The molecule has 1 unspecified atom stereocenters. The predicted molar refractivity (Wildman–Crippen MR) is 73.3 cm³/mol. The van der Waals surface area contributed by atoms with Gasteiger partial charge in [-0.15, -0.1) is 0 Å². The Morgan fingerprint density at radius 2 is 2.00 bits per heavy atom. The molecule has 0 saturated heterocycles. The first-order valence-electron chi connectivity index (χ1n) is 6.87. The molecule has 2 rings (SSSR count). The fourth-order valence-electron chi connectivity index (χ4n) is 3.08. The quantitative estimate of drug-likeness (QED) is 0.885. The summed E-state index contributed by atoms with van der Waals surface area (Å²) in [6.07, 6.45) is 7.46. The zero-order valence-corrected chi connectivity index (χ0v) is 12.0. The summed E-state index contributed by atoms with van der Waals surface area (Å²) in [7, 11) is 3.15. The minimum atomic E-state index is -0.131. The molecule has 1 aromatic heterocycles. The third kappa shape index (κ3) is 2.52. The molecule has 0 aromatic carbocycles. The largest absolute Gasteiger partial charge is 0.480 e. The second kappa shape index (κ2) is 5.74. The smallest absolute Gasteiger partial charge is 0.240 e. The molecule has 1 aliphatic carbocycles. The van der Waals surface area contributed by atoms with Crippen LogP contribution in [0.2, 0.25) is 0 Å². The van der Waals surface area contributed by atoms with Crippen molar-refractivity contribution in [3.63, 3.8) is 0 Å². The van der Waals surface area contributed by atoms with Crippen LogP contribution in [0, 0.1) is 5.41 Å². The number of hydrogen-bond donors (Lipinski definition) is 1. The molecule has 1 saturated carbocycles. The predicted octanol–water partition coefficient (Wildman–Crippen LogP) is 2.46. The normalized spacial score (nSPS) is 19.2. The van der Waals surface area contributed by atoms with Crippen LogP contribution >= 0.6 is 0 Å². The molecule has 1 fully saturated rings. The third-order valence-corrected chi connectivity index (χ3v) is 4.41. The van der Waals surface area contributed by atoms with Gasteiger partial charge in [-0.05, 0) is 24.7 Å². The standard InChI is InChI=1S/C14H23N3O2/c1-4-14(7-5-6-8-14)12(15)11-13(19-3)17-10(18-2)9-16-11/h9,12H,4-8,15H2,1-3H3. The van der Waals surface area contributed by atoms with Crippen LogP contribution in [0.4, 0.5) is 0 Å². The summed E-state index contributed by atoms with van der Waals surface area (Å²) in [4.78, 5) is 8.70. The average Bonchev–Trinajstić information content (AvgIpc) is 2.95. The van der Waals surface area contributed by atoms with Gasteiger partial charge in [-0.3, -0.25) is 0 Å². The van der Waals surface area contributed by atoms with Crippen LogP contribution in [0.15, 0.2) is 6.20 Å². The van der Waals surface area contributed by atoms with E-state index in [9.17, 15) is 0 Å². The van der Waals surface area contributed by atoms with Crippen molar-refractivity contribution >= 4 is 0 Å². The fraction of sp³-hybridized carbons (Fsp3) is 0.714. The lowest BCUT2D eigenvalue weighted by atomic mass is 9.75. The highest BCUT2D eigenvalue weighted by Gasteiger charge is 2.40. The molecule has 0 aliphatic heterocycles. The Morgan fingerprint density at radius 1 is 1.32 bits per heavy atom. The van der Waals surface area contributed by atoms with Gasteiger partial charge in [0, 0.05) is 0 Å². The summed E-state index contributed by atoms with van der Waals surface area (Å²) in [5, 5.41) is 0. The van der Waals surface area contributed by atoms with E-state index >= 15 is 0 Å². The summed E-state index contributed by atoms with van der Waals surface area (Å²) in [5.74, 6) is 0.927. The number of ether oxygens (including phenoxy) is 2. The molecule has 5 nitrogen and oxygen atoms in total. The monoisotopic (exact) mass is 265 g/mol. The van der Waals surface area contributed by atoms with Crippen LogP contribution in [-0.2, 0) is 0 Å². The van der Waals surface area contributed by atoms with Crippen LogP contribution < -0.4 is 15.2 Å². The van der Waals surface area contributed by atoms with E-state index < -0.39 is 0 Å². The van der Waals surface area contributed by atoms with Crippen molar-refractivity contribution in [1.82, 2.24) is 9.97 Å². The second-order valence-corrected chi connectivity index (χ2v) is 5.21. The van der Waals surface area contributed by atoms with Crippen LogP contribution in [0.1, 0.15) is 50.8 Å². The maximum atomic E-state index is 6.49. The lowest BCUT2D eigenvalue weighted by molar-refractivity contribution is 0.212. The highest BCUT2D eigenvalue weighted by molar-refractivity contribution is 5.27. The van der Waals surface area contributed by atoms with Crippen LogP contribution in [0.25, 0.3) is 0 Å². The number of nitrogens with zero attached hydrogens (tertiary/aromatic N) is 2. The Bertz CT molecular complexity index is 431. The van der Waals surface area contributed by atoms with Gasteiger partial charge in [0.05, 0.1) is 26.5 Å². The molecule has 0 radical (unpaired) electrons. The van der Waals surface area contributed by atoms with Crippen molar-refractivity contribution in [2.24, 2.45) is 11.1 Å². The highest BCUT2D eigenvalue weighted by Crippen LogP contribution is 2.49. The lowest BCUT2D eigenvalue weighted by Gasteiger charge is -2.34. The first-order chi connectivity index (χ1) is 9.16. The van der Waals surface area contributed by atoms with Crippen molar-refractivity contribution < 1.29 is 9.47 Å².